The first-order valence-electron chi connectivity index (χ1n) is 11.7. The molecule has 0 aliphatic heterocycles. The molecule has 0 bridgehead atoms. The van der Waals surface area contributed by atoms with Gasteiger partial charge in [0.1, 0.15) is 12.1 Å². The number of halogens is 3. The second-order valence-electron chi connectivity index (χ2n) is 8.89. The quantitative estimate of drug-likeness (QED) is 0.293. The third kappa shape index (κ3) is 5.75. The van der Waals surface area contributed by atoms with Gasteiger partial charge in [-0.05, 0) is 48.6 Å². The average molecular weight is 542 g/mol. The van der Waals surface area contributed by atoms with Crippen LogP contribution >= 0.6 is 0 Å². The summed E-state index contributed by atoms with van der Waals surface area (Å²) in [4.78, 5) is 33.8. The van der Waals surface area contributed by atoms with Gasteiger partial charge < -0.3 is 19.9 Å². The normalized spacial score (nSPS) is 13.3. The molecule has 1 fully saturated rings. The Morgan fingerprint density at radius 3 is 2.69 bits per heavy atom. The van der Waals surface area contributed by atoms with Crippen LogP contribution in [-0.2, 0) is 12.8 Å². The van der Waals surface area contributed by atoms with Crippen LogP contribution in [0.2, 0.25) is 0 Å². The number of aliphatic hydroxyl groups excluding tert-OH is 1. The number of carbonyl (C=O) groups excluding carboxylic acids is 1. The van der Waals surface area contributed by atoms with Gasteiger partial charge in [-0.25, -0.2) is 19.4 Å². The summed E-state index contributed by atoms with van der Waals surface area (Å²) in [7, 11) is 0. The lowest BCUT2D eigenvalue weighted by molar-refractivity contribution is -0.140. The molecule has 3 N–H and O–H groups in total. The molecule has 1 aliphatic carbocycles. The summed E-state index contributed by atoms with van der Waals surface area (Å²) in [5.41, 5.74) is -1.18. The van der Waals surface area contributed by atoms with Crippen LogP contribution < -0.4 is 10.2 Å². The summed E-state index contributed by atoms with van der Waals surface area (Å²) < 4.78 is 47.4. The van der Waals surface area contributed by atoms with Gasteiger partial charge in [-0.3, -0.25) is 9.69 Å². The molecule has 202 valence electrons. The monoisotopic (exact) mass is 542 g/mol. The summed E-state index contributed by atoms with van der Waals surface area (Å²) in [5, 5.41) is 24.6. The van der Waals surface area contributed by atoms with Gasteiger partial charge in [-0.15, -0.1) is 0 Å². The number of oxazole rings is 1. The fourth-order valence-electron chi connectivity index (χ4n) is 3.83. The van der Waals surface area contributed by atoms with Crippen LogP contribution in [-0.4, -0.2) is 48.5 Å². The van der Waals surface area contributed by atoms with Gasteiger partial charge >= 0.3 is 12.3 Å². The summed E-state index contributed by atoms with van der Waals surface area (Å²) in [6.45, 7) is -0.0162. The second kappa shape index (κ2) is 10.2. The van der Waals surface area contributed by atoms with E-state index in [1.807, 2.05) is 0 Å². The second-order valence-corrected chi connectivity index (χ2v) is 8.89. The predicted octanol–water partition coefficient (Wildman–Crippen LogP) is 4.58. The highest BCUT2D eigenvalue weighted by molar-refractivity contribution is 6.03. The number of carbonyl (C=O) groups is 2. The molecule has 11 nitrogen and oxygen atoms in total. The zero-order valence-electron chi connectivity index (χ0n) is 20.1. The van der Waals surface area contributed by atoms with Crippen LogP contribution in [0.1, 0.15) is 34.6 Å². The van der Waals surface area contributed by atoms with Gasteiger partial charge in [0, 0.05) is 18.3 Å². The van der Waals surface area contributed by atoms with E-state index in [1.54, 1.807) is 12.1 Å². The SMILES string of the molecule is O=C(Nc1cn(-c2cccc(CO)c2)nc1C(F)(F)F)c1coc(-c2ccnc(N(CC3CC3)C(=O)O)c2)n1. The standard InChI is InChI=1S/C25H21F3N6O5/c26-25(27,28)21-18(11-34(32-21)17-3-1-2-15(8-17)12-35)30-22(36)19-13-39-23(31-19)16-6-7-29-20(9-16)33(24(37)38)10-14-4-5-14/h1-3,6-9,11,13-14,35H,4-5,10,12H2,(H,30,36)(H,37,38). The largest absolute Gasteiger partial charge is 0.465 e. The Hall–Kier alpha value is -4.72. The van der Waals surface area contributed by atoms with Gasteiger partial charge in [0.2, 0.25) is 5.89 Å². The molecule has 5 rings (SSSR count). The number of aliphatic hydroxyl groups is 1. The lowest BCUT2D eigenvalue weighted by Gasteiger charge is -2.18. The topological polar surface area (TPSA) is 147 Å². The smallest absolute Gasteiger partial charge is 0.437 e. The van der Waals surface area contributed by atoms with Gasteiger partial charge in [0.05, 0.1) is 24.2 Å². The molecule has 4 aromatic rings. The minimum absolute atomic E-state index is 0.0480. The molecule has 39 heavy (non-hydrogen) atoms. The molecule has 1 aliphatic rings. The fraction of sp³-hybridized carbons (Fsp3) is 0.240. The minimum Gasteiger partial charge on any atom is -0.465 e. The maximum atomic E-state index is 13.7. The first-order valence-corrected chi connectivity index (χ1v) is 11.7. The van der Waals surface area contributed by atoms with Crippen molar-refractivity contribution in [2.24, 2.45) is 5.92 Å². The average Bonchev–Trinajstić information content (AvgIpc) is 3.41. The lowest BCUT2D eigenvalue weighted by Crippen LogP contribution is -2.32. The van der Waals surface area contributed by atoms with E-state index in [0.717, 1.165) is 34.9 Å². The van der Waals surface area contributed by atoms with Gasteiger partial charge in [0.15, 0.2) is 11.4 Å². The van der Waals surface area contributed by atoms with Crippen LogP contribution in [0.5, 0.6) is 0 Å². The van der Waals surface area contributed by atoms with Gasteiger partial charge in [0.25, 0.3) is 5.91 Å². The van der Waals surface area contributed by atoms with E-state index < -0.39 is 29.6 Å². The zero-order chi connectivity index (χ0) is 27.7. The Balaban J connectivity index is 1.38. The first-order chi connectivity index (χ1) is 18.6. The van der Waals surface area contributed by atoms with Crippen molar-refractivity contribution in [2.75, 3.05) is 16.8 Å². The maximum absolute atomic E-state index is 13.7. The van der Waals surface area contributed by atoms with Crippen LogP contribution in [0.15, 0.2) is 59.5 Å². The molecule has 3 heterocycles. The van der Waals surface area contributed by atoms with Crippen LogP contribution in [0, 0.1) is 5.92 Å². The number of alkyl halides is 3. The van der Waals surface area contributed by atoms with Gasteiger partial charge in [-0.2, -0.15) is 18.3 Å². The van der Waals surface area contributed by atoms with Crippen LogP contribution in [0.4, 0.5) is 29.5 Å². The molecule has 0 unspecified atom stereocenters. The molecular weight excluding hydrogens is 521 g/mol. The Bertz CT molecular complexity index is 1530. The lowest BCUT2D eigenvalue weighted by atomic mass is 10.2. The summed E-state index contributed by atoms with van der Waals surface area (Å²) >= 11 is 0. The van der Waals surface area contributed by atoms with Crippen molar-refractivity contribution >= 4 is 23.5 Å². The predicted molar refractivity (Wildman–Crippen MR) is 130 cm³/mol. The Kier molecular flexibility index (Phi) is 6.78. The molecule has 0 radical (unpaired) electrons. The van der Waals surface area contributed by atoms with E-state index in [1.165, 1.54) is 30.5 Å². The Morgan fingerprint density at radius 2 is 2.00 bits per heavy atom. The maximum Gasteiger partial charge on any atom is 0.437 e. The van der Waals surface area contributed by atoms with E-state index in [0.29, 0.717) is 17.7 Å². The first kappa shape index (κ1) is 25.9. The van der Waals surface area contributed by atoms with Crippen molar-refractivity contribution in [3.63, 3.8) is 0 Å². The zero-order valence-corrected chi connectivity index (χ0v) is 20.1. The van der Waals surface area contributed by atoms with E-state index >= 15 is 0 Å². The molecule has 1 saturated carbocycles. The van der Waals surface area contributed by atoms with Crippen molar-refractivity contribution in [2.45, 2.75) is 25.6 Å². The number of aromatic nitrogens is 4. The molecule has 2 amide bonds. The third-order valence-electron chi connectivity index (χ3n) is 5.96. The number of hydrogen-bond acceptors (Lipinski definition) is 7. The minimum atomic E-state index is -4.87. The van der Waals surface area contributed by atoms with Crippen molar-refractivity contribution in [1.82, 2.24) is 19.7 Å². The summed E-state index contributed by atoms with van der Waals surface area (Å²) in [6.07, 6.45) is -0.811. The Labute approximate surface area is 218 Å². The number of pyridine rings is 1. The number of nitrogens with one attached hydrogen (secondary N) is 1. The summed E-state index contributed by atoms with van der Waals surface area (Å²) in [5.74, 6) is -0.598. The van der Waals surface area contributed by atoms with Crippen molar-refractivity contribution in [3.05, 3.63) is 72.0 Å². The molecule has 0 saturated heterocycles. The molecule has 3 aromatic heterocycles. The highest BCUT2D eigenvalue weighted by atomic mass is 19.4. The highest BCUT2D eigenvalue weighted by Gasteiger charge is 2.38. The van der Waals surface area contributed by atoms with Crippen molar-refractivity contribution < 1.29 is 37.4 Å². The molecular formula is C25H21F3N6O5. The summed E-state index contributed by atoms with van der Waals surface area (Å²) in [6, 6.07) is 9.05. The number of benzene rings is 1. The fourth-order valence-corrected chi connectivity index (χ4v) is 3.83. The number of nitrogens with zero attached hydrogens (tertiary/aromatic N) is 5. The van der Waals surface area contributed by atoms with Crippen molar-refractivity contribution in [1.29, 1.82) is 0 Å². The Morgan fingerprint density at radius 1 is 1.21 bits per heavy atom. The van der Waals surface area contributed by atoms with Crippen molar-refractivity contribution in [3.8, 4) is 17.1 Å². The molecule has 0 atom stereocenters. The molecule has 0 spiro atoms. The third-order valence-corrected chi connectivity index (χ3v) is 5.96. The number of anilines is 2. The molecule has 1 aromatic carbocycles. The van der Waals surface area contributed by atoms with E-state index in [9.17, 15) is 33.0 Å². The number of rotatable bonds is 8. The van der Waals surface area contributed by atoms with E-state index in [2.05, 4.69) is 20.4 Å². The number of hydrogen-bond donors (Lipinski definition) is 3. The van der Waals surface area contributed by atoms with Crippen LogP contribution in [0.3, 0.4) is 0 Å². The van der Waals surface area contributed by atoms with Crippen LogP contribution in [0.25, 0.3) is 17.1 Å². The van der Waals surface area contributed by atoms with Gasteiger partial charge in [-0.1, -0.05) is 12.1 Å². The number of carboxylic acid groups (broad SMARTS) is 1. The molecule has 14 heteroatoms. The van der Waals surface area contributed by atoms with E-state index in [4.69, 9.17) is 4.42 Å². The number of amides is 2. The highest BCUT2D eigenvalue weighted by Crippen LogP contribution is 2.35. The van der Waals surface area contributed by atoms with E-state index in [-0.39, 0.29) is 35.6 Å².